The quantitative estimate of drug-likeness (QED) is 0.788. The number of rotatable bonds is 3. The van der Waals surface area contributed by atoms with Crippen LogP contribution in [0.2, 0.25) is 5.15 Å². The standard InChI is InChI=1S/C14H20ClN3O/c15-14-2-1-12(9-16-14)10-17-4-3-13(11-17)18-5-7-19-8-6-18/h1-2,9,13H,3-8,10-11H2. The average Bonchev–Trinajstić information content (AvgIpc) is 2.91. The van der Waals surface area contributed by atoms with E-state index in [4.69, 9.17) is 16.3 Å². The molecule has 2 saturated heterocycles. The van der Waals surface area contributed by atoms with Crippen molar-refractivity contribution in [2.75, 3.05) is 39.4 Å². The summed E-state index contributed by atoms with van der Waals surface area (Å²) < 4.78 is 5.42. The Bertz CT molecular complexity index is 406. The SMILES string of the molecule is Clc1ccc(CN2CCC(N3CCOCC3)C2)cn1. The highest BCUT2D eigenvalue weighted by Crippen LogP contribution is 2.19. The normalized spacial score (nSPS) is 25.8. The van der Waals surface area contributed by atoms with E-state index >= 15 is 0 Å². The Morgan fingerprint density at radius 1 is 1.26 bits per heavy atom. The fourth-order valence-electron chi connectivity index (χ4n) is 2.95. The van der Waals surface area contributed by atoms with Crippen molar-refractivity contribution in [3.05, 3.63) is 29.0 Å². The van der Waals surface area contributed by atoms with Crippen LogP contribution in [0.3, 0.4) is 0 Å². The summed E-state index contributed by atoms with van der Waals surface area (Å²) in [7, 11) is 0. The maximum Gasteiger partial charge on any atom is 0.129 e. The first-order chi connectivity index (χ1) is 9.31. The summed E-state index contributed by atoms with van der Waals surface area (Å²) in [5, 5.41) is 0.566. The average molecular weight is 282 g/mol. The topological polar surface area (TPSA) is 28.6 Å². The number of ether oxygens (including phenoxy) is 1. The van der Waals surface area contributed by atoms with Gasteiger partial charge in [0, 0.05) is 45.0 Å². The van der Waals surface area contributed by atoms with Crippen molar-refractivity contribution in [3.63, 3.8) is 0 Å². The van der Waals surface area contributed by atoms with Gasteiger partial charge in [-0.2, -0.15) is 0 Å². The molecule has 0 spiro atoms. The van der Waals surface area contributed by atoms with Gasteiger partial charge in [0.2, 0.25) is 0 Å². The van der Waals surface area contributed by atoms with E-state index in [0.717, 1.165) is 39.4 Å². The zero-order valence-corrected chi connectivity index (χ0v) is 11.9. The lowest BCUT2D eigenvalue weighted by atomic mass is 10.2. The Balaban J connectivity index is 1.52. The van der Waals surface area contributed by atoms with Gasteiger partial charge < -0.3 is 4.74 Å². The van der Waals surface area contributed by atoms with Crippen molar-refractivity contribution < 1.29 is 4.74 Å². The summed E-state index contributed by atoms with van der Waals surface area (Å²) in [4.78, 5) is 9.22. The van der Waals surface area contributed by atoms with Gasteiger partial charge in [0.05, 0.1) is 13.2 Å². The van der Waals surface area contributed by atoms with Gasteiger partial charge in [-0.05, 0) is 18.1 Å². The summed E-state index contributed by atoms with van der Waals surface area (Å²) in [6, 6.07) is 4.63. The van der Waals surface area contributed by atoms with Gasteiger partial charge in [0.1, 0.15) is 5.15 Å². The molecule has 4 nitrogen and oxygen atoms in total. The minimum Gasteiger partial charge on any atom is -0.379 e. The van der Waals surface area contributed by atoms with E-state index in [1.54, 1.807) is 0 Å². The zero-order valence-electron chi connectivity index (χ0n) is 11.1. The van der Waals surface area contributed by atoms with Crippen molar-refractivity contribution in [1.82, 2.24) is 14.8 Å². The van der Waals surface area contributed by atoms with Gasteiger partial charge in [-0.1, -0.05) is 17.7 Å². The maximum atomic E-state index is 5.81. The largest absolute Gasteiger partial charge is 0.379 e. The summed E-state index contributed by atoms with van der Waals surface area (Å²) in [6.45, 7) is 7.25. The fourth-order valence-corrected chi connectivity index (χ4v) is 3.07. The number of aromatic nitrogens is 1. The van der Waals surface area contributed by atoms with Crippen LogP contribution in [0.25, 0.3) is 0 Å². The van der Waals surface area contributed by atoms with Crippen molar-refractivity contribution in [2.45, 2.75) is 19.0 Å². The molecule has 2 fully saturated rings. The number of nitrogens with zero attached hydrogens (tertiary/aromatic N) is 3. The molecule has 104 valence electrons. The molecule has 2 aliphatic rings. The number of morpholine rings is 1. The first-order valence-electron chi connectivity index (χ1n) is 6.96. The van der Waals surface area contributed by atoms with Crippen LogP contribution >= 0.6 is 11.6 Å². The molecule has 0 aromatic carbocycles. The maximum absolute atomic E-state index is 5.81. The Labute approximate surface area is 119 Å². The zero-order chi connectivity index (χ0) is 13.1. The van der Waals surface area contributed by atoms with Crippen molar-refractivity contribution in [3.8, 4) is 0 Å². The van der Waals surface area contributed by atoms with Crippen LogP contribution < -0.4 is 0 Å². The summed E-state index contributed by atoms with van der Waals surface area (Å²) in [5.74, 6) is 0. The van der Waals surface area contributed by atoms with Gasteiger partial charge >= 0.3 is 0 Å². The van der Waals surface area contributed by atoms with Gasteiger partial charge in [0.15, 0.2) is 0 Å². The summed E-state index contributed by atoms with van der Waals surface area (Å²) in [6.07, 6.45) is 3.14. The van der Waals surface area contributed by atoms with E-state index in [-0.39, 0.29) is 0 Å². The smallest absolute Gasteiger partial charge is 0.129 e. The van der Waals surface area contributed by atoms with E-state index in [0.29, 0.717) is 11.2 Å². The second-order valence-electron chi connectivity index (χ2n) is 5.32. The molecule has 3 rings (SSSR count). The highest BCUT2D eigenvalue weighted by atomic mass is 35.5. The molecule has 19 heavy (non-hydrogen) atoms. The summed E-state index contributed by atoms with van der Waals surface area (Å²) in [5.41, 5.74) is 1.24. The highest BCUT2D eigenvalue weighted by molar-refractivity contribution is 6.29. The molecule has 1 aromatic rings. The Hall–Kier alpha value is -0.680. The third-order valence-electron chi connectivity index (χ3n) is 4.00. The first-order valence-corrected chi connectivity index (χ1v) is 7.33. The molecule has 1 unspecified atom stereocenters. The molecular weight excluding hydrogens is 262 g/mol. The minimum absolute atomic E-state index is 0.566. The predicted octanol–water partition coefficient (Wildman–Crippen LogP) is 1.64. The lowest BCUT2D eigenvalue weighted by Gasteiger charge is -2.32. The Kier molecular flexibility index (Phi) is 4.33. The number of hydrogen-bond donors (Lipinski definition) is 0. The minimum atomic E-state index is 0.566. The monoisotopic (exact) mass is 281 g/mol. The second-order valence-corrected chi connectivity index (χ2v) is 5.70. The van der Waals surface area contributed by atoms with Crippen LogP contribution in [-0.2, 0) is 11.3 Å². The van der Waals surface area contributed by atoms with Crippen LogP contribution in [0.4, 0.5) is 0 Å². The van der Waals surface area contributed by atoms with Crippen molar-refractivity contribution in [1.29, 1.82) is 0 Å². The van der Waals surface area contributed by atoms with E-state index in [9.17, 15) is 0 Å². The lowest BCUT2D eigenvalue weighted by molar-refractivity contribution is 0.0184. The van der Waals surface area contributed by atoms with E-state index in [1.807, 2.05) is 12.3 Å². The molecule has 0 N–H and O–H groups in total. The number of halogens is 1. The molecule has 0 amide bonds. The van der Waals surface area contributed by atoms with Crippen LogP contribution in [0.1, 0.15) is 12.0 Å². The van der Waals surface area contributed by atoms with Gasteiger partial charge in [-0.25, -0.2) is 4.98 Å². The molecule has 2 aliphatic heterocycles. The number of pyridine rings is 1. The third kappa shape index (κ3) is 3.45. The highest BCUT2D eigenvalue weighted by Gasteiger charge is 2.28. The summed E-state index contributed by atoms with van der Waals surface area (Å²) >= 11 is 5.81. The Morgan fingerprint density at radius 2 is 2.11 bits per heavy atom. The van der Waals surface area contributed by atoms with Crippen LogP contribution in [0.5, 0.6) is 0 Å². The van der Waals surface area contributed by atoms with Crippen molar-refractivity contribution >= 4 is 11.6 Å². The van der Waals surface area contributed by atoms with Crippen molar-refractivity contribution in [2.24, 2.45) is 0 Å². The molecule has 1 atom stereocenters. The van der Waals surface area contributed by atoms with Gasteiger partial charge in [0.25, 0.3) is 0 Å². The molecular formula is C14H20ClN3O. The molecule has 0 aliphatic carbocycles. The van der Waals surface area contributed by atoms with E-state index in [1.165, 1.54) is 18.5 Å². The first kappa shape index (κ1) is 13.3. The Morgan fingerprint density at radius 3 is 2.84 bits per heavy atom. The van der Waals surface area contributed by atoms with Crippen LogP contribution in [0.15, 0.2) is 18.3 Å². The number of hydrogen-bond acceptors (Lipinski definition) is 4. The molecule has 1 aromatic heterocycles. The molecule has 0 bridgehead atoms. The van der Waals surface area contributed by atoms with Crippen LogP contribution in [-0.4, -0.2) is 60.2 Å². The van der Waals surface area contributed by atoms with E-state index in [2.05, 4.69) is 20.9 Å². The molecule has 0 saturated carbocycles. The predicted molar refractivity (Wildman–Crippen MR) is 75.3 cm³/mol. The second kappa shape index (κ2) is 6.18. The molecule has 3 heterocycles. The van der Waals surface area contributed by atoms with Gasteiger partial charge in [-0.3, -0.25) is 9.80 Å². The number of likely N-dealkylation sites (tertiary alicyclic amines) is 1. The third-order valence-corrected chi connectivity index (χ3v) is 4.23. The van der Waals surface area contributed by atoms with E-state index < -0.39 is 0 Å². The van der Waals surface area contributed by atoms with Crippen LogP contribution in [0, 0.1) is 0 Å². The van der Waals surface area contributed by atoms with Gasteiger partial charge in [-0.15, -0.1) is 0 Å². The fraction of sp³-hybridized carbons (Fsp3) is 0.643. The molecule has 5 heteroatoms. The lowest BCUT2D eigenvalue weighted by Crippen LogP contribution is -2.44. The molecule has 0 radical (unpaired) electrons.